The molecule has 1 atom stereocenters. The smallest absolute Gasteiger partial charge is 0.289 e. The Balaban J connectivity index is 1.59. The lowest BCUT2D eigenvalue weighted by Crippen LogP contribution is -2.30. The Labute approximate surface area is 124 Å². The van der Waals surface area contributed by atoms with Crippen LogP contribution < -0.4 is 4.74 Å². The van der Waals surface area contributed by atoms with E-state index < -0.39 is 0 Å². The molecule has 0 aliphatic carbocycles. The molecule has 1 aliphatic heterocycles. The molecular weight excluding hydrogens is 324 g/mol. The molecule has 20 heavy (non-hydrogen) atoms. The Bertz CT molecular complexity index is 583. The van der Waals surface area contributed by atoms with Gasteiger partial charge in [-0.3, -0.25) is 4.79 Å². The van der Waals surface area contributed by atoms with Gasteiger partial charge in [0.25, 0.3) is 5.91 Å². The molecule has 104 valence electrons. The summed E-state index contributed by atoms with van der Waals surface area (Å²) < 4.78 is 11.8. The summed E-state index contributed by atoms with van der Waals surface area (Å²) in [4.78, 5) is 18.0. The quantitative estimate of drug-likeness (QED) is 0.864. The highest BCUT2D eigenvalue weighted by Crippen LogP contribution is 2.19. The first-order chi connectivity index (χ1) is 9.72. The van der Waals surface area contributed by atoms with Gasteiger partial charge in [-0.05, 0) is 34.1 Å². The third-order valence-corrected chi connectivity index (χ3v) is 3.62. The van der Waals surface area contributed by atoms with Crippen LogP contribution in [0.4, 0.5) is 0 Å². The van der Waals surface area contributed by atoms with E-state index in [9.17, 15) is 4.79 Å². The molecule has 0 spiro atoms. The van der Waals surface area contributed by atoms with Crippen molar-refractivity contribution in [3.8, 4) is 5.88 Å². The minimum Gasteiger partial charge on any atom is -0.472 e. The van der Waals surface area contributed by atoms with Crippen LogP contribution in [0.1, 0.15) is 17.0 Å². The molecule has 2 aromatic heterocycles. The van der Waals surface area contributed by atoms with Gasteiger partial charge >= 0.3 is 0 Å². The third-order valence-electron chi connectivity index (χ3n) is 3.15. The van der Waals surface area contributed by atoms with Crippen molar-refractivity contribution in [1.29, 1.82) is 0 Å². The molecule has 0 N–H and O–H groups in total. The summed E-state index contributed by atoms with van der Waals surface area (Å²) in [6.45, 7) is 1.22. The van der Waals surface area contributed by atoms with Gasteiger partial charge < -0.3 is 14.1 Å². The normalized spacial score (nSPS) is 18.2. The maximum absolute atomic E-state index is 12.1. The standard InChI is InChI=1S/C14H13BrN2O3/c15-10-3-4-13(16-8-10)20-11-5-6-17(9-11)14(18)12-2-1-7-19-12/h1-4,7-8,11H,5-6,9H2/t11-/m1/s1. The van der Waals surface area contributed by atoms with Crippen LogP contribution in [0.3, 0.4) is 0 Å². The predicted molar refractivity (Wildman–Crippen MR) is 75.6 cm³/mol. The number of halogens is 1. The number of likely N-dealkylation sites (tertiary alicyclic amines) is 1. The molecule has 1 amide bonds. The van der Waals surface area contributed by atoms with Gasteiger partial charge in [-0.1, -0.05) is 0 Å². The fraction of sp³-hybridized carbons (Fsp3) is 0.286. The van der Waals surface area contributed by atoms with Crippen molar-refractivity contribution in [2.45, 2.75) is 12.5 Å². The largest absolute Gasteiger partial charge is 0.472 e. The fourth-order valence-electron chi connectivity index (χ4n) is 2.17. The highest BCUT2D eigenvalue weighted by molar-refractivity contribution is 9.10. The van der Waals surface area contributed by atoms with Gasteiger partial charge in [-0.25, -0.2) is 4.98 Å². The number of carbonyl (C=O) groups is 1. The van der Waals surface area contributed by atoms with Crippen molar-refractivity contribution in [3.63, 3.8) is 0 Å². The maximum atomic E-state index is 12.1. The lowest BCUT2D eigenvalue weighted by atomic mass is 10.3. The van der Waals surface area contributed by atoms with Crippen LogP contribution in [0.2, 0.25) is 0 Å². The van der Waals surface area contributed by atoms with Gasteiger partial charge in [0.2, 0.25) is 5.88 Å². The van der Waals surface area contributed by atoms with Gasteiger partial charge in [0.05, 0.1) is 12.8 Å². The van der Waals surface area contributed by atoms with Crippen LogP contribution in [0.15, 0.2) is 45.6 Å². The van der Waals surface area contributed by atoms with Gasteiger partial charge in [0.1, 0.15) is 6.10 Å². The fourth-order valence-corrected chi connectivity index (χ4v) is 2.40. The number of nitrogens with zero attached hydrogens (tertiary/aromatic N) is 2. The first-order valence-electron chi connectivity index (χ1n) is 6.33. The maximum Gasteiger partial charge on any atom is 0.289 e. The van der Waals surface area contributed by atoms with Gasteiger partial charge in [0.15, 0.2) is 5.76 Å². The Kier molecular flexibility index (Phi) is 3.73. The molecule has 3 heterocycles. The molecular formula is C14H13BrN2O3. The van der Waals surface area contributed by atoms with Crippen LogP contribution in [0.5, 0.6) is 5.88 Å². The Morgan fingerprint density at radius 2 is 2.35 bits per heavy atom. The summed E-state index contributed by atoms with van der Waals surface area (Å²) in [6, 6.07) is 7.07. The summed E-state index contributed by atoms with van der Waals surface area (Å²) in [7, 11) is 0. The zero-order valence-electron chi connectivity index (χ0n) is 10.7. The summed E-state index contributed by atoms with van der Waals surface area (Å²) >= 11 is 3.33. The molecule has 1 aliphatic rings. The van der Waals surface area contributed by atoms with Crippen LogP contribution >= 0.6 is 15.9 Å². The molecule has 3 rings (SSSR count). The summed E-state index contributed by atoms with van der Waals surface area (Å²) in [5.74, 6) is 0.850. The van der Waals surface area contributed by atoms with E-state index in [-0.39, 0.29) is 12.0 Å². The van der Waals surface area contributed by atoms with E-state index in [2.05, 4.69) is 20.9 Å². The Morgan fingerprint density at radius 1 is 1.45 bits per heavy atom. The average molecular weight is 337 g/mol. The van der Waals surface area contributed by atoms with Crippen molar-refractivity contribution < 1.29 is 13.9 Å². The second-order valence-corrected chi connectivity index (χ2v) is 5.49. The molecule has 0 aromatic carbocycles. The zero-order chi connectivity index (χ0) is 13.9. The zero-order valence-corrected chi connectivity index (χ0v) is 12.2. The van der Waals surface area contributed by atoms with E-state index >= 15 is 0 Å². The number of rotatable bonds is 3. The SMILES string of the molecule is O=C(c1ccco1)N1CC[C@@H](Oc2ccc(Br)cn2)C1. The Morgan fingerprint density at radius 3 is 3.05 bits per heavy atom. The Hall–Kier alpha value is -1.82. The van der Waals surface area contributed by atoms with E-state index in [0.29, 0.717) is 24.7 Å². The van der Waals surface area contributed by atoms with E-state index in [4.69, 9.17) is 9.15 Å². The molecule has 5 nitrogen and oxygen atoms in total. The summed E-state index contributed by atoms with van der Waals surface area (Å²) in [6.07, 6.45) is 3.96. The van der Waals surface area contributed by atoms with Gasteiger partial charge in [0, 0.05) is 29.7 Å². The minimum atomic E-state index is -0.0927. The molecule has 0 bridgehead atoms. The first kappa shape index (κ1) is 13.2. The highest BCUT2D eigenvalue weighted by atomic mass is 79.9. The molecule has 0 radical (unpaired) electrons. The number of hydrogen-bond donors (Lipinski definition) is 0. The molecule has 6 heteroatoms. The average Bonchev–Trinajstić information content (AvgIpc) is 3.12. The molecule has 0 saturated carbocycles. The van der Waals surface area contributed by atoms with E-state index in [0.717, 1.165) is 10.9 Å². The third kappa shape index (κ3) is 2.85. The van der Waals surface area contributed by atoms with E-state index in [1.54, 1.807) is 29.3 Å². The van der Waals surface area contributed by atoms with E-state index in [1.807, 2.05) is 6.07 Å². The van der Waals surface area contributed by atoms with Crippen molar-refractivity contribution in [1.82, 2.24) is 9.88 Å². The van der Waals surface area contributed by atoms with Gasteiger partial charge in [-0.15, -0.1) is 0 Å². The topological polar surface area (TPSA) is 55.6 Å². The van der Waals surface area contributed by atoms with Crippen molar-refractivity contribution in [2.24, 2.45) is 0 Å². The van der Waals surface area contributed by atoms with Crippen molar-refractivity contribution >= 4 is 21.8 Å². The van der Waals surface area contributed by atoms with Gasteiger partial charge in [-0.2, -0.15) is 0 Å². The number of aromatic nitrogens is 1. The summed E-state index contributed by atoms with van der Waals surface area (Å²) in [5.41, 5.74) is 0. The molecule has 2 aromatic rings. The number of hydrogen-bond acceptors (Lipinski definition) is 4. The van der Waals surface area contributed by atoms with Crippen molar-refractivity contribution in [2.75, 3.05) is 13.1 Å². The second kappa shape index (κ2) is 5.66. The highest BCUT2D eigenvalue weighted by Gasteiger charge is 2.29. The number of carbonyl (C=O) groups excluding carboxylic acids is 1. The van der Waals surface area contributed by atoms with Crippen LogP contribution in [-0.2, 0) is 0 Å². The number of amides is 1. The predicted octanol–water partition coefficient (Wildman–Crippen LogP) is 2.73. The lowest BCUT2D eigenvalue weighted by Gasteiger charge is -2.15. The monoisotopic (exact) mass is 336 g/mol. The minimum absolute atomic E-state index is 0.0254. The van der Waals surface area contributed by atoms with E-state index in [1.165, 1.54) is 6.26 Å². The number of pyridine rings is 1. The number of ether oxygens (including phenoxy) is 1. The second-order valence-electron chi connectivity index (χ2n) is 4.57. The number of furan rings is 1. The first-order valence-corrected chi connectivity index (χ1v) is 7.12. The van der Waals surface area contributed by atoms with Crippen LogP contribution in [0, 0.1) is 0 Å². The summed E-state index contributed by atoms with van der Waals surface area (Å²) in [5, 5.41) is 0. The molecule has 1 fully saturated rings. The van der Waals surface area contributed by atoms with Crippen molar-refractivity contribution in [3.05, 3.63) is 47.0 Å². The molecule has 0 unspecified atom stereocenters. The lowest BCUT2D eigenvalue weighted by molar-refractivity contribution is 0.0740. The van der Waals surface area contributed by atoms with Crippen LogP contribution in [-0.4, -0.2) is 35.0 Å². The van der Waals surface area contributed by atoms with Crippen LogP contribution in [0.25, 0.3) is 0 Å². The molecule has 1 saturated heterocycles.